The van der Waals surface area contributed by atoms with Crippen LogP contribution < -0.4 is 10.6 Å². The van der Waals surface area contributed by atoms with Gasteiger partial charge in [-0.15, -0.1) is 0 Å². The Morgan fingerprint density at radius 1 is 0.935 bits per heavy atom. The predicted octanol–water partition coefficient (Wildman–Crippen LogP) is 3.34. The zero-order valence-electron chi connectivity index (χ0n) is 16.7. The number of hydrogen-bond acceptors (Lipinski definition) is 7. The summed E-state index contributed by atoms with van der Waals surface area (Å²) in [5, 5.41) is 6.02. The van der Waals surface area contributed by atoms with Crippen molar-refractivity contribution in [2.75, 3.05) is 23.8 Å². The number of rotatable bonds is 5. The van der Waals surface area contributed by atoms with Gasteiger partial charge in [0, 0.05) is 17.4 Å². The molecule has 2 saturated heterocycles. The van der Waals surface area contributed by atoms with E-state index in [1.807, 2.05) is 54.6 Å². The van der Waals surface area contributed by atoms with Crippen molar-refractivity contribution in [3.8, 4) is 11.3 Å². The maximum atomic E-state index is 12.2. The van der Waals surface area contributed by atoms with E-state index in [4.69, 9.17) is 14.2 Å². The van der Waals surface area contributed by atoms with Crippen LogP contribution in [-0.2, 0) is 14.2 Å². The third-order valence-electron chi connectivity index (χ3n) is 5.33. The normalized spacial score (nSPS) is 24.4. The van der Waals surface area contributed by atoms with E-state index in [1.165, 1.54) is 0 Å². The van der Waals surface area contributed by atoms with Gasteiger partial charge in [0.15, 0.2) is 6.10 Å². The number of ether oxygens (including phenoxy) is 3. The topological polar surface area (TPSA) is 94.6 Å². The van der Waals surface area contributed by atoms with E-state index in [0.29, 0.717) is 18.2 Å². The summed E-state index contributed by atoms with van der Waals surface area (Å²) < 4.78 is 17.3. The van der Waals surface area contributed by atoms with E-state index in [1.54, 1.807) is 18.3 Å². The van der Waals surface area contributed by atoms with Gasteiger partial charge in [0.2, 0.25) is 5.95 Å². The fourth-order valence-electron chi connectivity index (χ4n) is 3.86. The van der Waals surface area contributed by atoms with Crippen LogP contribution >= 0.6 is 0 Å². The maximum Gasteiger partial charge on any atom is 0.412 e. The van der Waals surface area contributed by atoms with Crippen LogP contribution in [0.1, 0.15) is 0 Å². The molecule has 0 aliphatic carbocycles. The fraction of sp³-hybridized carbons (Fsp3) is 0.261. The molecule has 3 heterocycles. The Hall–Kier alpha value is -3.49. The van der Waals surface area contributed by atoms with Crippen LogP contribution in [-0.4, -0.2) is 53.6 Å². The van der Waals surface area contributed by atoms with E-state index in [2.05, 4.69) is 20.6 Å². The Morgan fingerprint density at radius 3 is 2.48 bits per heavy atom. The molecule has 4 atom stereocenters. The summed E-state index contributed by atoms with van der Waals surface area (Å²) in [6.45, 7) is 0.690. The maximum absolute atomic E-state index is 12.2. The highest BCUT2D eigenvalue weighted by atomic mass is 16.6. The number of carbonyl (C=O) groups excluding carboxylic acids is 1. The van der Waals surface area contributed by atoms with Gasteiger partial charge in [0.1, 0.15) is 12.2 Å². The van der Waals surface area contributed by atoms with E-state index in [0.717, 1.165) is 11.3 Å². The fourth-order valence-corrected chi connectivity index (χ4v) is 3.86. The van der Waals surface area contributed by atoms with Crippen LogP contribution in [0.25, 0.3) is 11.3 Å². The Morgan fingerprint density at radius 2 is 1.68 bits per heavy atom. The average Bonchev–Trinajstić information content (AvgIpc) is 3.39. The number of benzene rings is 2. The van der Waals surface area contributed by atoms with Crippen LogP contribution in [0, 0.1) is 0 Å². The SMILES string of the molecule is O=C(Nc1ccccc1)O[C@@H]1CO[C@H]2[C@H]1OC[C@H]2Nc1nccc(-c2ccccc2)n1. The molecule has 0 bridgehead atoms. The van der Waals surface area contributed by atoms with Crippen LogP contribution in [0.4, 0.5) is 16.4 Å². The van der Waals surface area contributed by atoms with Gasteiger partial charge in [-0.3, -0.25) is 5.32 Å². The highest BCUT2D eigenvalue weighted by Gasteiger charge is 2.49. The largest absolute Gasteiger partial charge is 0.441 e. The van der Waals surface area contributed by atoms with Crippen LogP contribution in [0.3, 0.4) is 0 Å². The average molecular weight is 418 g/mol. The molecule has 158 valence electrons. The summed E-state index contributed by atoms with van der Waals surface area (Å²) in [4.78, 5) is 21.2. The lowest BCUT2D eigenvalue weighted by molar-refractivity contribution is 0.00917. The molecule has 0 radical (unpaired) electrons. The van der Waals surface area contributed by atoms with E-state index in [9.17, 15) is 4.79 Å². The number of para-hydroxylation sites is 1. The molecule has 0 spiro atoms. The van der Waals surface area contributed by atoms with Gasteiger partial charge in [-0.2, -0.15) is 0 Å². The number of hydrogen-bond donors (Lipinski definition) is 2. The zero-order valence-corrected chi connectivity index (χ0v) is 16.7. The highest BCUT2D eigenvalue weighted by molar-refractivity contribution is 5.84. The molecule has 2 aromatic carbocycles. The van der Waals surface area contributed by atoms with Crippen molar-refractivity contribution in [1.82, 2.24) is 9.97 Å². The van der Waals surface area contributed by atoms with E-state index < -0.39 is 12.2 Å². The zero-order chi connectivity index (χ0) is 21.0. The lowest BCUT2D eigenvalue weighted by atomic mass is 10.1. The van der Waals surface area contributed by atoms with Crippen molar-refractivity contribution < 1.29 is 19.0 Å². The molecule has 1 amide bonds. The minimum atomic E-state index is -0.528. The first-order chi connectivity index (χ1) is 15.3. The van der Waals surface area contributed by atoms with Gasteiger partial charge in [0.05, 0.1) is 24.9 Å². The summed E-state index contributed by atoms with van der Waals surface area (Å²) in [5.41, 5.74) is 2.52. The molecule has 8 nitrogen and oxygen atoms in total. The number of nitrogens with one attached hydrogen (secondary N) is 2. The summed E-state index contributed by atoms with van der Waals surface area (Å²) in [5.74, 6) is 0.505. The lowest BCUT2D eigenvalue weighted by Crippen LogP contribution is -2.38. The molecule has 1 aromatic heterocycles. The number of fused-ring (bicyclic) bond motifs is 1. The summed E-state index contributed by atoms with van der Waals surface area (Å²) in [7, 11) is 0. The third-order valence-corrected chi connectivity index (χ3v) is 5.33. The molecule has 8 heteroatoms. The van der Waals surface area contributed by atoms with Crippen molar-refractivity contribution >= 4 is 17.7 Å². The van der Waals surface area contributed by atoms with Gasteiger partial charge >= 0.3 is 6.09 Å². The van der Waals surface area contributed by atoms with Gasteiger partial charge in [0.25, 0.3) is 0 Å². The molecule has 0 saturated carbocycles. The van der Waals surface area contributed by atoms with Crippen molar-refractivity contribution in [2.24, 2.45) is 0 Å². The molecule has 5 rings (SSSR count). The van der Waals surface area contributed by atoms with Crippen LogP contribution in [0.2, 0.25) is 0 Å². The van der Waals surface area contributed by atoms with E-state index in [-0.39, 0.29) is 24.9 Å². The van der Waals surface area contributed by atoms with Crippen molar-refractivity contribution in [3.05, 3.63) is 72.9 Å². The molecule has 2 fully saturated rings. The molecule has 0 unspecified atom stereocenters. The van der Waals surface area contributed by atoms with Crippen LogP contribution in [0.5, 0.6) is 0 Å². The second kappa shape index (κ2) is 8.71. The molecule has 3 aromatic rings. The van der Waals surface area contributed by atoms with Crippen molar-refractivity contribution in [3.63, 3.8) is 0 Å². The minimum absolute atomic E-state index is 0.137. The van der Waals surface area contributed by atoms with E-state index >= 15 is 0 Å². The molecule has 2 aliphatic rings. The Labute approximate surface area is 179 Å². The molecule has 31 heavy (non-hydrogen) atoms. The number of nitrogens with zero attached hydrogens (tertiary/aromatic N) is 2. The molecular weight excluding hydrogens is 396 g/mol. The minimum Gasteiger partial charge on any atom is -0.441 e. The van der Waals surface area contributed by atoms with Gasteiger partial charge in [-0.1, -0.05) is 48.5 Å². The first-order valence-corrected chi connectivity index (χ1v) is 10.2. The highest BCUT2D eigenvalue weighted by Crippen LogP contribution is 2.30. The Balaban J connectivity index is 1.20. The number of anilines is 2. The molecule has 2 N–H and O–H groups in total. The number of carbonyl (C=O) groups is 1. The lowest BCUT2D eigenvalue weighted by Gasteiger charge is -2.18. The summed E-state index contributed by atoms with van der Waals surface area (Å²) >= 11 is 0. The second-order valence-corrected chi connectivity index (χ2v) is 7.41. The third kappa shape index (κ3) is 4.35. The van der Waals surface area contributed by atoms with Gasteiger partial charge in [-0.05, 0) is 18.2 Å². The quantitative estimate of drug-likeness (QED) is 0.656. The predicted molar refractivity (Wildman–Crippen MR) is 115 cm³/mol. The second-order valence-electron chi connectivity index (χ2n) is 7.41. The monoisotopic (exact) mass is 418 g/mol. The summed E-state index contributed by atoms with van der Waals surface area (Å²) in [6, 6.07) is 20.8. The van der Waals surface area contributed by atoms with Gasteiger partial charge in [-0.25, -0.2) is 14.8 Å². The number of amides is 1. The smallest absolute Gasteiger partial charge is 0.412 e. The van der Waals surface area contributed by atoms with Crippen molar-refractivity contribution in [1.29, 1.82) is 0 Å². The standard InChI is InChI=1S/C23H22N4O4/c28-23(25-16-9-5-2-6-10-16)31-19-14-30-20-18(13-29-21(19)20)27-22-24-12-11-17(26-22)15-7-3-1-4-8-15/h1-12,18-21H,13-14H2,(H,25,28)(H,24,26,27)/t18-,19-,20-,21+/m1/s1. The molecular formula is C23H22N4O4. The Kier molecular flexibility index (Phi) is 5.47. The molecule has 2 aliphatic heterocycles. The summed E-state index contributed by atoms with van der Waals surface area (Å²) in [6.07, 6.45) is 0.131. The van der Waals surface area contributed by atoms with Crippen molar-refractivity contribution in [2.45, 2.75) is 24.4 Å². The van der Waals surface area contributed by atoms with Crippen LogP contribution in [0.15, 0.2) is 72.9 Å². The first-order valence-electron chi connectivity index (χ1n) is 10.2. The first kappa shape index (κ1) is 19.5. The number of aromatic nitrogens is 2. The Bertz CT molecular complexity index is 1030. The van der Waals surface area contributed by atoms with Gasteiger partial charge < -0.3 is 19.5 Å².